The van der Waals surface area contributed by atoms with E-state index in [0.29, 0.717) is 19.4 Å². The number of hydrogen-bond acceptors (Lipinski definition) is 8. The van der Waals surface area contributed by atoms with Crippen LogP contribution >= 0.6 is 0 Å². The van der Waals surface area contributed by atoms with Crippen LogP contribution in [0.3, 0.4) is 0 Å². The van der Waals surface area contributed by atoms with Crippen molar-refractivity contribution in [2.24, 2.45) is 0 Å². The minimum absolute atomic E-state index is 0.216. The van der Waals surface area contributed by atoms with E-state index in [2.05, 4.69) is 5.32 Å². The van der Waals surface area contributed by atoms with E-state index in [1.165, 1.54) is 0 Å². The summed E-state index contributed by atoms with van der Waals surface area (Å²) in [6, 6.07) is 9.59. The Hall–Kier alpha value is -2.04. The Balaban J connectivity index is 1.18. The van der Waals surface area contributed by atoms with Crippen LogP contribution in [0.5, 0.6) is 0 Å². The number of unbranched alkanes of at least 4 members (excludes halogenated alkanes) is 2. The number of nitrogens with one attached hydrogen (secondary N) is 1. The minimum atomic E-state index is -0.863. The first-order chi connectivity index (χ1) is 16.1. The molecule has 1 N–H and O–H groups in total. The molecule has 3 fully saturated rings. The number of amides is 1. The monoisotopic (exact) mass is 477 g/mol. The molecule has 4 rings (SSSR count). The number of esters is 1. The molecule has 0 spiro atoms. The van der Waals surface area contributed by atoms with Gasteiger partial charge in [-0.3, -0.25) is 9.59 Å². The van der Waals surface area contributed by atoms with Gasteiger partial charge in [-0.15, -0.1) is 0 Å². The molecule has 0 radical (unpaired) electrons. The van der Waals surface area contributed by atoms with Crippen molar-refractivity contribution in [3.8, 4) is 0 Å². The fraction of sp³-hybridized carbons (Fsp3) is 0.680. The molecule has 0 unspecified atom stereocenters. The summed E-state index contributed by atoms with van der Waals surface area (Å²) in [4.78, 5) is 24.8. The summed E-state index contributed by atoms with van der Waals surface area (Å²) >= 11 is 0. The van der Waals surface area contributed by atoms with Crippen molar-refractivity contribution in [1.29, 1.82) is 0 Å². The Morgan fingerprint density at radius 2 is 1.56 bits per heavy atom. The maximum atomic E-state index is 12.9. The summed E-state index contributed by atoms with van der Waals surface area (Å²) in [6.07, 6.45) is -0.504. The van der Waals surface area contributed by atoms with E-state index in [4.69, 9.17) is 28.4 Å². The molecule has 34 heavy (non-hydrogen) atoms. The summed E-state index contributed by atoms with van der Waals surface area (Å²) in [5.74, 6) is -2.17. The Morgan fingerprint density at radius 3 is 2.32 bits per heavy atom. The van der Waals surface area contributed by atoms with Crippen LogP contribution in [-0.4, -0.2) is 60.7 Å². The number of carbonyl (C=O) groups is 2. The van der Waals surface area contributed by atoms with E-state index in [0.717, 1.165) is 18.4 Å². The lowest BCUT2D eigenvalue weighted by molar-refractivity contribution is -0.231. The average Bonchev–Trinajstić information content (AvgIpc) is 3.28. The van der Waals surface area contributed by atoms with Crippen LogP contribution < -0.4 is 5.32 Å². The smallest absolute Gasteiger partial charge is 0.306 e. The molecule has 5 atom stereocenters. The summed E-state index contributed by atoms with van der Waals surface area (Å²) < 4.78 is 35.1. The van der Waals surface area contributed by atoms with Gasteiger partial charge in [-0.2, -0.15) is 0 Å². The van der Waals surface area contributed by atoms with Gasteiger partial charge < -0.3 is 33.7 Å². The van der Waals surface area contributed by atoms with Crippen LogP contribution in [0.25, 0.3) is 0 Å². The second-order valence-electron chi connectivity index (χ2n) is 9.84. The lowest BCUT2D eigenvalue weighted by atomic mass is 9.98. The van der Waals surface area contributed by atoms with Crippen molar-refractivity contribution in [3.63, 3.8) is 0 Å². The lowest BCUT2D eigenvalue weighted by Crippen LogP contribution is -2.59. The van der Waals surface area contributed by atoms with Gasteiger partial charge in [0.05, 0.1) is 0 Å². The molecule has 1 amide bonds. The van der Waals surface area contributed by atoms with Crippen molar-refractivity contribution in [2.45, 2.75) is 102 Å². The van der Waals surface area contributed by atoms with Crippen LogP contribution in [0.2, 0.25) is 0 Å². The summed E-state index contributed by atoms with van der Waals surface area (Å²) in [6.45, 7) is 7.97. The molecule has 3 aliphatic rings. The summed E-state index contributed by atoms with van der Waals surface area (Å²) in [7, 11) is 0. The fourth-order valence-corrected chi connectivity index (χ4v) is 4.52. The molecule has 0 aromatic heterocycles. The highest BCUT2D eigenvalue weighted by Gasteiger charge is 2.62. The van der Waals surface area contributed by atoms with Gasteiger partial charge in [-0.25, -0.2) is 0 Å². The molecule has 3 saturated heterocycles. The number of rotatable bonds is 9. The van der Waals surface area contributed by atoms with E-state index in [9.17, 15) is 9.59 Å². The minimum Gasteiger partial charge on any atom is -0.461 e. The molecular formula is C25H35NO8. The van der Waals surface area contributed by atoms with E-state index in [-0.39, 0.29) is 18.5 Å². The third-order valence-corrected chi connectivity index (χ3v) is 6.01. The maximum Gasteiger partial charge on any atom is 0.306 e. The zero-order valence-electron chi connectivity index (χ0n) is 20.3. The van der Waals surface area contributed by atoms with Crippen LogP contribution in [0, 0.1) is 0 Å². The predicted molar refractivity (Wildman–Crippen MR) is 120 cm³/mol. The molecule has 0 aliphatic carbocycles. The summed E-state index contributed by atoms with van der Waals surface area (Å²) in [5.41, 5.74) is 0.968. The van der Waals surface area contributed by atoms with Crippen molar-refractivity contribution in [3.05, 3.63) is 35.9 Å². The topological polar surface area (TPSA) is 102 Å². The SMILES string of the molecule is CC1(C)O[C@H]2[C@@H](O1)[C@@H](C(=O)NCCCCCC(=O)OCc1ccccc1)O[C@H]1OC(C)(C)O[C@@H]12. The highest BCUT2D eigenvalue weighted by atomic mass is 16.9. The number of fused-ring (bicyclic) bond motifs is 3. The van der Waals surface area contributed by atoms with Crippen molar-refractivity contribution < 1.29 is 38.0 Å². The molecule has 9 nitrogen and oxygen atoms in total. The molecule has 3 heterocycles. The van der Waals surface area contributed by atoms with E-state index in [1.54, 1.807) is 27.7 Å². The van der Waals surface area contributed by atoms with Gasteiger partial charge >= 0.3 is 5.97 Å². The highest BCUT2D eigenvalue weighted by Crippen LogP contribution is 2.44. The zero-order chi connectivity index (χ0) is 24.3. The Bertz CT molecular complexity index is 858. The standard InChI is InChI=1S/C25H35NO8/c1-24(2)31-18-19(32-24)21-23(34-25(3,4)33-21)30-20(18)22(28)26-14-10-6-9-13-17(27)29-15-16-11-7-5-8-12-16/h5,7-8,11-12,18-21,23H,6,9-10,13-15H2,1-4H3,(H,26,28)/t18-,19+,20+,21-,23+/m1/s1. The Kier molecular flexibility index (Phi) is 7.59. The molecule has 0 saturated carbocycles. The Morgan fingerprint density at radius 1 is 0.882 bits per heavy atom. The van der Waals surface area contributed by atoms with Gasteiger partial charge in [0.25, 0.3) is 5.91 Å². The quantitative estimate of drug-likeness (QED) is 0.428. The van der Waals surface area contributed by atoms with Crippen molar-refractivity contribution in [2.75, 3.05) is 6.54 Å². The Labute approximate surface area is 200 Å². The third-order valence-electron chi connectivity index (χ3n) is 6.01. The predicted octanol–water partition coefficient (Wildman–Crippen LogP) is 2.80. The molecule has 9 heteroatoms. The van der Waals surface area contributed by atoms with Gasteiger partial charge in [-0.05, 0) is 46.1 Å². The van der Waals surface area contributed by atoms with Gasteiger partial charge in [0.2, 0.25) is 0 Å². The second kappa shape index (κ2) is 10.3. The molecule has 188 valence electrons. The fourth-order valence-electron chi connectivity index (χ4n) is 4.52. The van der Waals surface area contributed by atoms with E-state index in [1.807, 2.05) is 30.3 Å². The van der Waals surface area contributed by atoms with Crippen LogP contribution in [0.4, 0.5) is 0 Å². The maximum absolute atomic E-state index is 12.9. The largest absolute Gasteiger partial charge is 0.461 e. The van der Waals surface area contributed by atoms with Gasteiger partial charge in [0, 0.05) is 13.0 Å². The molecule has 1 aromatic rings. The summed E-state index contributed by atoms with van der Waals surface area (Å²) in [5, 5.41) is 2.92. The molecule has 3 aliphatic heterocycles. The van der Waals surface area contributed by atoms with Crippen LogP contribution in [0.1, 0.15) is 58.9 Å². The highest BCUT2D eigenvalue weighted by molar-refractivity contribution is 5.81. The number of benzene rings is 1. The molecule has 1 aromatic carbocycles. The van der Waals surface area contributed by atoms with E-state index >= 15 is 0 Å². The first-order valence-electron chi connectivity index (χ1n) is 12.0. The van der Waals surface area contributed by atoms with Crippen LogP contribution in [-0.2, 0) is 44.6 Å². The van der Waals surface area contributed by atoms with Gasteiger partial charge in [0.15, 0.2) is 24.0 Å². The zero-order valence-corrected chi connectivity index (χ0v) is 20.3. The first-order valence-corrected chi connectivity index (χ1v) is 12.0. The van der Waals surface area contributed by atoms with Crippen LogP contribution in [0.15, 0.2) is 30.3 Å². The second-order valence-corrected chi connectivity index (χ2v) is 9.84. The van der Waals surface area contributed by atoms with E-state index < -0.39 is 42.3 Å². The normalized spacial score (nSPS) is 30.9. The van der Waals surface area contributed by atoms with Crippen molar-refractivity contribution >= 4 is 11.9 Å². The van der Waals surface area contributed by atoms with Crippen molar-refractivity contribution in [1.82, 2.24) is 5.32 Å². The lowest BCUT2D eigenvalue weighted by Gasteiger charge is -2.36. The number of ether oxygens (including phenoxy) is 6. The number of carbonyl (C=O) groups excluding carboxylic acids is 2. The molecular weight excluding hydrogens is 442 g/mol. The average molecular weight is 478 g/mol. The molecule has 0 bridgehead atoms. The van der Waals surface area contributed by atoms with Gasteiger partial charge in [-0.1, -0.05) is 36.8 Å². The van der Waals surface area contributed by atoms with Gasteiger partial charge in [0.1, 0.15) is 24.9 Å². The number of hydrogen-bond donors (Lipinski definition) is 1. The first kappa shape index (κ1) is 25.1. The third kappa shape index (κ3) is 6.14.